The summed E-state index contributed by atoms with van der Waals surface area (Å²) in [7, 11) is 2.11. The molecule has 0 aliphatic carbocycles. The average molecular weight is 335 g/mol. The maximum absolute atomic E-state index is 13.6. The van der Waals surface area contributed by atoms with Crippen LogP contribution in [-0.2, 0) is 16.1 Å². The Kier molecular flexibility index (Phi) is 5.48. The number of amides is 1. The number of nitrogens with zero attached hydrogens (tertiary/aromatic N) is 3. The first-order valence-electron chi connectivity index (χ1n) is 8.61. The van der Waals surface area contributed by atoms with Gasteiger partial charge in [-0.15, -0.1) is 0 Å². The molecular weight excluding hydrogens is 309 g/mol. The predicted molar refractivity (Wildman–Crippen MR) is 90.1 cm³/mol. The van der Waals surface area contributed by atoms with Crippen molar-refractivity contribution in [3.63, 3.8) is 0 Å². The lowest BCUT2D eigenvalue weighted by molar-refractivity contribution is -0.151. The molecule has 24 heavy (non-hydrogen) atoms. The van der Waals surface area contributed by atoms with Crippen molar-refractivity contribution in [2.45, 2.75) is 25.7 Å². The van der Waals surface area contributed by atoms with E-state index in [1.54, 1.807) is 18.2 Å². The zero-order valence-electron chi connectivity index (χ0n) is 14.4. The van der Waals surface area contributed by atoms with Gasteiger partial charge < -0.3 is 14.5 Å². The zero-order chi connectivity index (χ0) is 17.1. The highest BCUT2D eigenvalue weighted by atomic mass is 19.1. The molecule has 6 heteroatoms. The normalized spacial score (nSPS) is 21.5. The van der Waals surface area contributed by atoms with Crippen molar-refractivity contribution in [1.82, 2.24) is 14.7 Å². The van der Waals surface area contributed by atoms with Crippen molar-refractivity contribution in [2.24, 2.45) is 0 Å². The van der Waals surface area contributed by atoms with Crippen LogP contribution >= 0.6 is 0 Å². The van der Waals surface area contributed by atoms with Gasteiger partial charge in [0.2, 0.25) is 5.91 Å². The van der Waals surface area contributed by atoms with E-state index in [9.17, 15) is 9.18 Å². The van der Waals surface area contributed by atoms with Crippen LogP contribution in [0.1, 0.15) is 12.5 Å². The highest BCUT2D eigenvalue weighted by Crippen LogP contribution is 2.18. The Bertz CT molecular complexity index is 569. The van der Waals surface area contributed by atoms with Gasteiger partial charge in [0.25, 0.3) is 0 Å². The molecule has 1 amide bonds. The summed E-state index contributed by atoms with van der Waals surface area (Å²) in [6.07, 6.45) is 0.00763. The maximum Gasteiger partial charge on any atom is 0.239 e. The SMILES string of the molecule is C[C@H](C(=O)N1CC(OCc2ccccc2F)C1)N1CCN(C)CC1. The topological polar surface area (TPSA) is 36.0 Å². The van der Waals surface area contributed by atoms with Gasteiger partial charge in [0.15, 0.2) is 0 Å². The number of hydrogen-bond donors (Lipinski definition) is 0. The molecule has 1 atom stereocenters. The van der Waals surface area contributed by atoms with Gasteiger partial charge in [-0.1, -0.05) is 18.2 Å². The fourth-order valence-corrected chi connectivity index (χ4v) is 3.18. The molecule has 2 fully saturated rings. The van der Waals surface area contributed by atoms with Crippen LogP contribution in [0.25, 0.3) is 0 Å². The van der Waals surface area contributed by atoms with Crippen LogP contribution in [0.3, 0.4) is 0 Å². The third-order valence-electron chi connectivity index (χ3n) is 5.04. The maximum atomic E-state index is 13.6. The van der Waals surface area contributed by atoms with Gasteiger partial charge in [0.05, 0.1) is 18.8 Å². The first-order chi connectivity index (χ1) is 11.5. The largest absolute Gasteiger partial charge is 0.370 e. The average Bonchev–Trinajstić information content (AvgIpc) is 2.54. The van der Waals surface area contributed by atoms with Crippen LogP contribution in [-0.4, -0.2) is 79.1 Å². The van der Waals surface area contributed by atoms with Crippen LogP contribution in [0.4, 0.5) is 4.39 Å². The van der Waals surface area contributed by atoms with E-state index in [0.29, 0.717) is 18.7 Å². The fraction of sp³-hybridized carbons (Fsp3) is 0.611. The number of carbonyl (C=O) groups excluding carboxylic acids is 1. The molecule has 5 nitrogen and oxygen atoms in total. The van der Waals surface area contributed by atoms with E-state index in [4.69, 9.17) is 4.74 Å². The highest BCUT2D eigenvalue weighted by Gasteiger charge is 2.36. The molecule has 2 saturated heterocycles. The van der Waals surface area contributed by atoms with E-state index in [-0.39, 0.29) is 30.5 Å². The summed E-state index contributed by atoms with van der Waals surface area (Å²) < 4.78 is 19.3. The number of rotatable bonds is 5. The molecule has 1 aromatic carbocycles. The molecule has 0 N–H and O–H groups in total. The van der Waals surface area contributed by atoms with E-state index in [2.05, 4.69) is 16.8 Å². The molecule has 2 heterocycles. The van der Waals surface area contributed by atoms with Gasteiger partial charge in [-0.05, 0) is 20.0 Å². The molecule has 0 bridgehead atoms. The Labute approximate surface area is 143 Å². The minimum absolute atomic E-state index is 0.00763. The van der Waals surface area contributed by atoms with Crippen LogP contribution in [0, 0.1) is 5.82 Å². The number of ether oxygens (including phenoxy) is 1. The summed E-state index contributed by atoms with van der Waals surface area (Å²) in [4.78, 5) is 18.9. The first-order valence-corrected chi connectivity index (χ1v) is 8.61. The summed E-state index contributed by atoms with van der Waals surface area (Å²) in [6, 6.07) is 6.56. The molecule has 0 radical (unpaired) electrons. The van der Waals surface area contributed by atoms with Crippen LogP contribution in [0.2, 0.25) is 0 Å². The Morgan fingerprint density at radius 2 is 1.92 bits per heavy atom. The van der Waals surface area contributed by atoms with E-state index in [1.165, 1.54) is 6.07 Å². The number of hydrogen-bond acceptors (Lipinski definition) is 4. The summed E-state index contributed by atoms with van der Waals surface area (Å²) in [5, 5.41) is 0. The second-order valence-electron chi connectivity index (χ2n) is 6.78. The predicted octanol–water partition coefficient (Wildman–Crippen LogP) is 1.19. The van der Waals surface area contributed by atoms with Gasteiger partial charge in [0.1, 0.15) is 5.82 Å². The second kappa shape index (κ2) is 7.59. The lowest BCUT2D eigenvalue weighted by atomic mass is 10.1. The van der Waals surface area contributed by atoms with Crippen LogP contribution in [0.15, 0.2) is 24.3 Å². The Morgan fingerprint density at radius 1 is 1.25 bits per heavy atom. The second-order valence-corrected chi connectivity index (χ2v) is 6.78. The van der Waals surface area contributed by atoms with E-state index < -0.39 is 0 Å². The lowest BCUT2D eigenvalue weighted by Gasteiger charge is -2.43. The van der Waals surface area contributed by atoms with Gasteiger partial charge in [-0.25, -0.2) is 4.39 Å². The van der Waals surface area contributed by atoms with Crippen molar-refractivity contribution >= 4 is 5.91 Å². The van der Waals surface area contributed by atoms with Gasteiger partial charge >= 0.3 is 0 Å². The van der Waals surface area contributed by atoms with Gasteiger partial charge in [-0.2, -0.15) is 0 Å². The molecule has 0 aromatic heterocycles. The smallest absolute Gasteiger partial charge is 0.239 e. The van der Waals surface area contributed by atoms with Crippen molar-refractivity contribution in [3.05, 3.63) is 35.6 Å². The van der Waals surface area contributed by atoms with Crippen molar-refractivity contribution < 1.29 is 13.9 Å². The Morgan fingerprint density at radius 3 is 2.58 bits per heavy atom. The minimum atomic E-state index is -0.242. The minimum Gasteiger partial charge on any atom is -0.370 e. The summed E-state index contributed by atoms with van der Waals surface area (Å²) >= 11 is 0. The molecule has 0 spiro atoms. The van der Waals surface area contributed by atoms with E-state index in [0.717, 1.165) is 26.2 Å². The number of carbonyl (C=O) groups is 1. The van der Waals surface area contributed by atoms with E-state index >= 15 is 0 Å². The van der Waals surface area contributed by atoms with Crippen molar-refractivity contribution in [1.29, 1.82) is 0 Å². The molecule has 0 saturated carbocycles. The zero-order valence-corrected chi connectivity index (χ0v) is 14.4. The van der Waals surface area contributed by atoms with Crippen LogP contribution in [0.5, 0.6) is 0 Å². The molecule has 3 rings (SSSR count). The van der Waals surface area contributed by atoms with Crippen LogP contribution < -0.4 is 0 Å². The third-order valence-corrected chi connectivity index (χ3v) is 5.04. The Hall–Kier alpha value is -1.50. The van der Waals surface area contributed by atoms with E-state index in [1.807, 2.05) is 11.8 Å². The molecule has 1 aromatic rings. The first kappa shape index (κ1) is 17.3. The van der Waals surface area contributed by atoms with Gasteiger partial charge in [-0.3, -0.25) is 9.69 Å². The quantitative estimate of drug-likeness (QED) is 0.810. The van der Waals surface area contributed by atoms with Crippen molar-refractivity contribution in [2.75, 3.05) is 46.3 Å². The summed E-state index contributed by atoms with van der Waals surface area (Å²) in [5.74, 6) is -0.0706. The standard InChI is InChI=1S/C18H26FN3O2/c1-14(21-9-7-20(2)8-10-21)18(23)22-11-16(12-22)24-13-15-5-3-4-6-17(15)19/h3-6,14,16H,7-13H2,1-2H3/t14-/m1/s1. The molecule has 0 unspecified atom stereocenters. The highest BCUT2D eigenvalue weighted by molar-refractivity contribution is 5.82. The monoisotopic (exact) mass is 335 g/mol. The number of halogens is 1. The number of benzene rings is 1. The number of likely N-dealkylation sites (N-methyl/N-ethyl adjacent to an activating group) is 1. The molecule has 2 aliphatic rings. The van der Waals surface area contributed by atoms with Gasteiger partial charge in [0, 0.05) is 44.8 Å². The number of piperazine rings is 1. The van der Waals surface area contributed by atoms with Crippen molar-refractivity contribution in [3.8, 4) is 0 Å². The summed E-state index contributed by atoms with van der Waals surface area (Å²) in [5.41, 5.74) is 0.563. The third kappa shape index (κ3) is 3.94. The molecular formula is C18H26FN3O2. The fourth-order valence-electron chi connectivity index (χ4n) is 3.18. The Balaban J connectivity index is 1.41. The lowest BCUT2D eigenvalue weighted by Crippen LogP contribution is -2.61. The molecule has 2 aliphatic heterocycles. The summed E-state index contributed by atoms with van der Waals surface area (Å²) in [6.45, 7) is 7.33. The molecule has 132 valence electrons. The number of likely N-dealkylation sites (tertiary alicyclic amines) is 1.